The van der Waals surface area contributed by atoms with Crippen molar-refractivity contribution in [2.75, 3.05) is 39.3 Å². The minimum Gasteiger partial charge on any atom is -0.342 e. The van der Waals surface area contributed by atoms with E-state index < -0.39 is 0 Å². The van der Waals surface area contributed by atoms with Crippen LogP contribution in [0.5, 0.6) is 0 Å². The lowest BCUT2D eigenvalue weighted by Crippen LogP contribution is -2.52. The molecule has 2 amide bonds. The van der Waals surface area contributed by atoms with E-state index in [0.29, 0.717) is 13.1 Å². The number of hydrogen-bond donors (Lipinski definition) is 0. The molecule has 0 spiro atoms. The van der Waals surface area contributed by atoms with Crippen molar-refractivity contribution in [3.8, 4) is 0 Å². The molecule has 0 unspecified atom stereocenters. The molecule has 2 aromatic rings. The Morgan fingerprint density at radius 1 is 0.719 bits per heavy atom. The summed E-state index contributed by atoms with van der Waals surface area (Å²) in [4.78, 5) is 31.9. The van der Waals surface area contributed by atoms with Gasteiger partial charge in [-0.1, -0.05) is 74.5 Å². The van der Waals surface area contributed by atoms with Gasteiger partial charge in [-0.2, -0.15) is 0 Å². The maximum Gasteiger partial charge on any atom is 0.225 e. The van der Waals surface area contributed by atoms with Crippen molar-refractivity contribution < 1.29 is 9.59 Å². The second kappa shape index (κ2) is 10.3. The first kappa shape index (κ1) is 22.5. The first-order valence-electron chi connectivity index (χ1n) is 12.0. The predicted octanol–water partition coefficient (Wildman–Crippen LogP) is 3.81. The van der Waals surface area contributed by atoms with E-state index in [9.17, 15) is 9.59 Å². The van der Waals surface area contributed by atoms with E-state index in [0.717, 1.165) is 39.0 Å². The molecule has 0 radical (unpaired) electrons. The summed E-state index contributed by atoms with van der Waals surface area (Å²) < 4.78 is 0. The highest BCUT2D eigenvalue weighted by molar-refractivity contribution is 5.81. The average Bonchev–Trinajstić information content (AvgIpc) is 2.85. The zero-order valence-electron chi connectivity index (χ0n) is 19.3. The third-order valence-corrected chi connectivity index (χ3v) is 6.87. The lowest BCUT2D eigenvalue weighted by atomic mass is 9.93. The van der Waals surface area contributed by atoms with Crippen LogP contribution in [0.1, 0.15) is 43.9 Å². The molecule has 4 rings (SSSR count). The highest BCUT2D eigenvalue weighted by Crippen LogP contribution is 2.30. The van der Waals surface area contributed by atoms with E-state index in [-0.39, 0.29) is 29.7 Å². The van der Waals surface area contributed by atoms with Crippen LogP contribution in [0.3, 0.4) is 0 Å². The van der Waals surface area contributed by atoms with Crippen molar-refractivity contribution in [3.63, 3.8) is 0 Å². The van der Waals surface area contributed by atoms with Gasteiger partial charge < -0.3 is 9.80 Å². The van der Waals surface area contributed by atoms with E-state index in [1.165, 1.54) is 11.1 Å². The molecule has 170 valence electrons. The van der Waals surface area contributed by atoms with Gasteiger partial charge in [0.25, 0.3) is 0 Å². The van der Waals surface area contributed by atoms with Crippen molar-refractivity contribution in [2.24, 2.45) is 11.8 Å². The first-order chi connectivity index (χ1) is 15.5. The highest BCUT2D eigenvalue weighted by Gasteiger charge is 2.33. The molecular weight excluding hydrogens is 398 g/mol. The van der Waals surface area contributed by atoms with Gasteiger partial charge in [-0.15, -0.1) is 0 Å². The van der Waals surface area contributed by atoms with Crippen molar-refractivity contribution in [1.29, 1.82) is 0 Å². The van der Waals surface area contributed by atoms with Gasteiger partial charge in [0.15, 0.2) is 0 Å². The maximum absolute atomic E-state index is 13.2. The molecule has 0 aliphatic carbocycles. The Labute approximate surface area is 192 Å². The molecule has 5 nitrogen and oxygen atoms in total. The van der Waals surface area contributed by atoms with Gasteiger partial charge >= 0.3 is 0 Å². The molecule has 2 aliphatic heterocycles. The summed E-state index contributed by atoms with van der Waals surface area (Å²) in [5.74, 6) is 0.559. The second-order valence-electron chi connectivity index (χ2n) is 9.34. The average molecular weight is 434 g/mol. The Balaban J connectivity index is 1.37. The van der Waals surface area contributed by atoms with Gasteiger partial charge in [0.05, 0.1) is 6.04 Å². The normalized spacial score (nSPS) is 18.4. The fourth-order valence-corrected chi connectivity index (χ4v) is 5.06. The molecule has 32 heavy (non-hydrogen) atoms. The van der Waals surface area contributed by atoms with Crippen molar-refractivity contribution in [1.82, 2.24) is 14.7 Å². The second-order valence-corrected chi connectivity index (χ2v) is 9.34. The lowest BCUT2D eigenvalue weighted by Gasteiger charge is -2.41. The molecule has 2 fully saturated rings. The summed E-state index contributed by atoms with van der Waals surface area (Å²) in [6.45, 7) is 8.55. The standard InChI is InChI=1S/C27H35N3O2/c1-21(2)26(31)29-15-13-24(14-16-29)27(32)30-19-17-28(18-20-30)25(22-9-5-3-6-10-22)23-11-7-4-8-12-23/h3-12,21,24-25H,13-20H2,1-2H3. The molecule has 0 saturated carbocycles. The van der Waals surface area contributed by atoms with Crippen molar-refractivity contribution in [2.45, 2.75) is 32.7 Å². The van der Waals surface area contributed by atoms with E-state index in [4.69, 9.17) is 0 Å². The summed E-state index contributed by atoms with van der Waals surface area (Å²) in [5, 5.41) is 0. The van der Waals surface area contributed by atoms with Crippen molar-refractivity contribution in [3.05, 3.63) is 71.8 Å². The number of benzene rings is 2. The summed E-state index contributed by atoms with van der Waals surface area (Å²) in [6, 6.07) is 21.5. The quantitative estimate of drug-likeness (QED) is 0.720. The molecule has 2 aliphatic rings. The van der Waals surface area contributed by atoms with Crippen LogP contribution in [0.2, 0.25) is 0 Å². The Hall–Kier alpha value is -2.66. The van der Waals surface area contributed by atoms with Gasteiger partial charge in [0, 0.05) is 51.1 Å². The smallest absolute Gasteiger partial charge is 0.225 e. The lowest BCUT2D eigenvalue weighted by molar-refractivity contribution is -0.143. The number of hydrogen-bond acceptors (Lipinski definition) is 3. The Morgan fingerprint density at radius 2 is 1.22 bits per heavy atom. The topological polar surface area (TPSA) is 43.9 Å². The SMILES string of the molecule is CC(C)C(=O)N1CCC(C(=O)N2CCN(C(c3ccccc3)c3ccccc3)CC2)CC1. The number of carbonyl (C=O) groups excluding carboxylic acids is 2. The number of piperazine rings is 1. The van der Waals surface area contributed by atoms with E-state index in [1.54, 1.807) is 0 Å². The summed E-state index contributed by atoms with van der Waals surface area (Å²) in [6.07, 6.45) is 1.57. The largest absolute Gasteiger partial charge is 0.342 e. The van der Waals surface area contributed by atoms with E-state index in [1.807, 2.05) is 23.6 Å². The van der Waals surface area contributed by atoms with Crippen LogP contribution in [0.4, 0.5) is 0 Å². The minimum absolute atomic E-state index is 0.0255. The van der Waals surface area contributed by atoms with Crippen LogP contribution in [-0.2, 0) is 9.59 Å². The molecule has 2 saturated heterocycles. The third kappa shape index (κ3) is 5.04. The number of nitrogens with zero attached hydrogens (tertiary/aromatic N) is 3. The van der Waals surface area contributed by atoms with Crippen molar-refractivity contribution >= 4 is 11.8 Å². The molecule has 2 aromatic carbocycles. The van der Waals surface area contributed by atoms with E-state index >= 15 is 0 Å². The maximum atomic E-state index is 13.2. The molecular formula is C27H35N3O2. The van der Waals surface area contributed by atoms with Gasteiger partial charge in [-0.25, -0.2) is 0 Å². The molecule has 5 heteroatoms. The van der Waals surface area contributed by atoms with Crippen LogP contribution in [0.15, 0.2) is 60.7 Å². The third-order valence-electron chi connectivity index (χ3n) is 6.87. The van der Waals surface area contributed by atoms with Crippen LogP contribution < -0.4 is 0 Å². The fraction of sp³-hybridized carbons (Fsp3) is 0.481. The minimum atomic E-state index is 0.0255. The zero-order valence-corrected chi connectivity index (χ0v) is 19.3. The number of rotatable bonds is 5. The Kier molecular flexibility index (Phi) is 7.26. The van der Waals surface area contributed by atoms with Gasteiger partial charge in [0.2, 0.25) is 11.8 Å². The molecule has 0 N–H and O–H groups in total. The number of carbonyl (C=O) groups is 2. The molecule has 0 aromatic heterocycles. The number of amides is 2. The van der Waals surface area contributed by atoms with Crippen LogP contribution in [0.25, 0.3) is 0 Å². The fourth-order valence-electron chi connectivity index (χ4n) is 5.06. The summed E-state index contributed by atoms with van der Waals surface area (Å²) >= 11 is 0. The number of likely N-dealkylation sites (tertiary alicyclic amines) is 1. The zero-order chi connectivity index (χ0) is 22.5. The predicted molar refractivity (Wildman–Crippen MR) is 127 cm³/mol. The summed E-state index contributed by atoms with van der Waals surface area (Å²) in [7, 11) is 0. The van der Waals surface area contributed by atoms with Gasteiger partial charge in [-0.05, 0) is 24.0 Å². The molecule has 0 bridgehead atoms. The summed E-state index contributed by atoms with van der Waals surface area (Å²) in [5.41, 5.74) is 2.58. The molecule has 2 heterocycles. The Morgan fingerprint density at radius 3 is 1.69 bits per heavy atom. The van der Waals surface area contributed by atoms with Gasteiger partial charge in [-0.3, -0.25) is 14.5 Å². The first-order valence-corrected chi connectivity index (χ1v) is 12.0. The highest BCUT2D eigenvalue weighted by atomic mass is 16.2. The van der Waals surface area contributed by atoms with E-state index in [2.05, 4.69) is 65.6 Å². The van der Waals surface area contributed by atoms with Gasteiger partial charge in [0.1, 0.15) is 0 Å². The Bertz CT molecular complexity index is 844. The van der Waals surface area contributed by atoms with Crippen LogP contribution in [0, 0.1) is 11.8 Å². The van der Waals surface area contributed by atoms with Crippen LogP contribution in [-0.4, -0.2) is 65.8 Å². The number of piperidine rings is 1. The van der Waals surface area contributed by atoms with Crippen LogP contribution >= 0.6 is 0 Å². The molecule has 0 atom stereocenters. The monoisotopic (exact) mass is 433 g/mol.